The van der Waals surface area contributed by atoms with Gasteiger partial charge in [0, 0.05) is 36.0 Å². The predicted molar refractivity (Wildman–Crippen MR) is 91.5 cm³/mol. The zero-order chi connectivity index (χ0) is 17.4. The Morgan fingerprint density at radius 2 is 2.04 bits per heavy atom. The number of aromatic nitrogens is 3. The molecule has 0 aliphatic carbocycles. The van der Waals surface area contributed by atoms with Crippen LogP contribution < -0.4 is 5.56 Å². The fourth-order valence-electron chi connectivity index (χ4n) is 3.36. The fourth-order valence-corrected chi connectivity index (χ4v) is 3.36. The number of pyridine rings is 1. The van der Waals surface area contributed by atoms with Gasteiger partial charge in [-0.2, -0.15) is 4.98 Å². The van der Waals surface area contributed by atoms with Gasteiger partial charge in [0.25, 0.3) is 5.91 Å². The van der Waals surface area contributed by atoms with Crippen molar-refractivity contribution in [1.82, 2.24) is 20.0 Å². The fraction of sp³-hybridized carbons (Fsp3) is 0.333. The minimum Gasteiger partial charge on any atom is -0.339 e. The first-order chi connectivity index (χ1) is 12.1. The molecule has 2 aromatic heterocycles. The summed E-state index contributed by atoms with van der Waals surface area (Å²) in [6.07, 6.45) is 1.54. The number of benzene rings is 1. The number of para-hydroxylation sites is 1. The third-order valence-corrected chi connectivity index (χ3v) is 4.66. The molecule has 3 heterocycles. The molecule has 25 heavy (non-hydrogen) atoms. The van der Waals surface area contributed by atoms with Crippen molar-refractivity contribution in [3.05, 3.63) is 58.0 Å². The number of nitrogens with zero attached hydrogens (tertiary/aromatic N) is 3. The molecule has 0 bridgehead atoms. The molecule has 0 saturated carbocycles. The van der Waals surface area contributed by atoms with E-state index in [0.717, 1.165) is 18.2 Å². The molecule has 1 fully saturated rings. The molecule has 1 aliphatic rings. The smallest absolute Gasteiger partial charge is 0.254 e. The first-order valence-corrected chi connectivity index (χ1v) is 8.33. The van der Waals surface area contributed by atoms with Crippen LogP contribution in [-0.2, 0) is 0 Å². The number of likely N-dealkylation sites (tertiary alicyclic amines) is 1. The van der Waals surface area contributed by atoms with E-state index in [1.165, 1.54) is 6.07 Å². The lowest BCUT2D eigenvalue weighted by atomic mass is 9.96. The zero-order valence-corrected chi connectivity index (χ0v) is 13.9. The number of carbonyl (C=O) groups is 1. The number of H-pyrrole nitrogens is 1. The Bertz CT molecular complexity index is 983. The highest BCUT2D eigenvalue weighted by atomic mass is 16.5. The lowest BCUT2D eigenvalue weighted by molar-refractivity contribution is 0.0706. The summed E-state index contributed by atoms with van der Waals surface area (Å²) >= 11 is 0. The molecule has 7 nitrogen and oxygen atoms in total. The van der Waals surface area contributed by atoms with Gasteiger partial charge in [0.2, 0.25) is 11.4 Å². The molecule has 128 valence electrons. The van der Waals surface area contributed by atoms with Crippen LogP contribution in [0.25, 0.3) is 10.9 Å². The molecule has 1 aromatic carbocycles. The lowest BCUT2D eigenvalue weighted by Gasteiger charge is -2.30. The summed E-state index contributed by atoms with van der Waals surface area (Å²) in [5.41, 5.74) is 0.860. The van der Waals surface area contributed by atoms with Gasteiger partial charge in [-0.1, -0.05) is 23.4 Å². The highest BCUT2D eigenvalue weighted by Gasteiger charge is 2.28. The van der Waals surface area contributed by atoms with E-state index in [0.29, 0.717) is 35.9 Å². The van der Waals surface area contributed by atoms with Gasteiger partial charge >= 0.3 is 0 Å². The molecule has 0 spiro atoms. The van der Waals surface area contributed by atoms with E-state index < -0.39 is 0 Å². The van der Waals surface area contributed by atoms with Crippen molar-refractivity contribution < 1.29 is 9.32 Å². The van der Waals surface area contributed by atoms with Crippen LogP contribution in [-0.4, -0.2) is 39.0 Å². The van der Waals surface area contributed by atoms with Crippen LogP contribution >= 0.6 is 0 Å². The number of fused-ring (bicyclic) bond motifs is 1. The number of hydrogen-bond donors (Lipinski definition) is 1. The van der Waals surface area contributed by atoms with E-state index >= 15 is 0 Å². The van der Waals surface area contributed by atoms with E-state index in [4.69, 9.17) is 4.52 Å². The van der Waals surface area contributed by atoms with Gasteiger partial charge in [-0.25, -0.2) is 0 Å². The van der Waals surface area contributed by atoms with Crippen LogP contribution in [0, 0.1) is 6.92 Å². The maximum atomic E-state index is 12.9. The van der Waals surface area contributed by atoms with Crippen molar-refractivity contribution in [3.63, 3.8) is 0 Å². The van der Waals surface area contributed by atoms with Crippen molar-refractivity contribution in [3.8, 4) is 0 Å². The summed E-state index contributed by atoms with van der Waals surface area (Å²) in [4.78, 5) is 33.7. The normalized spacial score (nSPS) is 15.6. The highest BCUT2D eigenvalue weighted by Crippen LogP contribution is 2.28. The molecular weight excluding hydrogens is 320 g/mol. The Balaban J connectivity index is 1.56. The average Bonchev–Trinajstić information content (AvgIpc) is 3.07. The van der Waals surface area contributed by atoms with Gasteiger partial charge in [-0.15, -0.1) is 0 Å². The van der Waals surface area contributed by atoms with E-state index in [2.05, 4.69) is 15.1 Å². The molecule has 1 N–H and O–H groups in total. The Kier molecular flexibility index (Phi) is 3.83. The quantitative estimate of drug-likeness (QED) is 0.773. The van der Waals surface area contributed by atoms with Crippen LogP contribution in [0.3, 0.4) is 0 Å². The summed E-state index contributed by atoms with van der Waals surface area (Å²) in [7, 11) is 0. The number of aryl methyl sites for hydroxylation is 1. The van der Waals surface area contributed by atoms with Gasteiger partial charge in [-0.05, 0) is 25.8 Å². The third kappa shape index (κ3) is 2.93. The van der Waals surface area contributed by atoms with Gasteiger partial charge in [0.05, 0.1) is 5.56 Å². The Morgan fingerprint density at radius 1 is 1.28 bits per heavy atom. The second kappa shape index (κ2) is 6.16. The Morgan fingerprint density at radius 3 is 2.76 bits per heavy atom. The number of nitrogens with one attached hydrogen (secondary N) is 1. The van der Waals surface area contributed by atoms with Gasteiger partial charge in [0.15, 0.2) is 5.82 Å². The zero-order valence-electron chi connectivity index (χ0n) is 13.9. The number of rotatable bonds is 2. The van der Waals surface area contributed by atoms with Crippen LogP contribution in [0.15, 0.2) is 39.6 Å². The molecule has 1 aliphatic heterocycles. The number of amides is 1. The molecule has 0 unspecified atom stereocenters. The number of hydrogen-bond acceptors (Lipinski definition) is 5. The molecule has 0 radical (unpaired) electrons. The minimum absolute atomic E-state index is 0.109. The second-order valence-electron chi connectivity index (χ2n) is 6.34. The molecule has 0 atom stereocenters. The number of aromatic amines is 1. The topological polar surface area (TPSA) is 92.1 Å². The van der Waals surface area contributed by atoms with E-state index in [1.807, 2.05) is 18.2 Å². The van der Waals surface area contributed by atoms with Crippen LogP contribution in [0.4, 0.5) is 0 Å². The van der Waals surface area contributed by atoms with Crippen molar-refractivity contribution in [2.24, 2.45) is 0 Å². The van der Waals surface area contributed by atoms with Crippen LogP contribution in [0.5, 0.6) is 0 Å². The van der Waals surface area contributed by atoms with Crippen molar-refractivity contribution in [2.75, 3.05) is 13.1 Å². The largest absolute Gasteiger partial charge is 0.339 e. The summed E-state index contributed by atoms with van der Waals surface area (Å²) in [5.74, 6) is 1.35. The van der Waals surface area contributed by atoms with Crippen molar-refractivity contribution in [1.29, 1.82) is 0 Å². The summed E-state index contributed by atoms with van der Waals surface area (Å²) < 4.78 is 5.25. The van der Waals surface area contributed by atoms with Gasteiger partial charge < -0.3 is 14.4 Å². The SMILES string of the molecule is Cc1noc(C2CCN(C(=O)c3cc(=O)[nH]c4ccccc34)CC2)n1. The van der Waals surface area contributed by atoms with Crippen molar-refractivity contribution >= 4 is 16.8 Å². The van der Waals surface area contributed by atoms with Crippen LogP contribution in [0.2, 0.25) is 0 Å². The van der Waals surface area contributed by atoms with E-state index in [9.17, 15) is 9.59 Å². The van der Waals surface area contributed by atoms with Crippen molar-refractivity contribution in [2.45, 2.75) is 25.7 Å². The second-order valence-corrected chi connectivity index (χ2v) is 6.34. The van der Waals surface area contributed by atoms with Gasteiger partial charge in [0.1, 0.15) is 0 Å². The molecular formula is C18H18N4O3. The molecule has 3 aromatic rings. The predicted octanol–water partition coefficient (Wildman–Crippen LogP) is 2.24. The first kappa shape index (κ1) is 15.6. The summed E-state index contributed by atoms with van der Waals surface area (Å²) in [5, 5.41) is 4.60. The summed E-state index contributed by atoms with van der Waals surface area (Å²) in [6.45, 7) is 3.00. The Labute approximate surface area is 143 Å². The minimum atomic E-state index is -0.265. The third-order valence-electron chi connectivity index (χ3n) is 4.66. The number of piperidine rings is 1. The number of carbonyl (C=O) groups excluding carboxylic acids is 1. The average molecular weight is 338 g/mol. The molecule has 1 saturated heterocycles. The monoisotopic (exact) mass is 338 g/mol. The molecule has 1 amide bonds. The Hall–Kier alpha value is -2.96. The maximum Gasteiger partial charge on any atom is 0.254 e. The summed E-state index contributed by atoms with van der Waals surface area (Å²) in [6, 6.07) is 8.74. The van der Waals surface area contributed by atoms with E-state index in [1.54, 1.807) is 17.9 Å². The van der Waals surface area contributed by atoms with Gasteiger partial charge in [-0.3, -0.25) is 9.59 Å². The van der Waals surface area contributed by atoms with Crippen LogP contribution in [0.1, 0.15) is 40.8 Å². The molecule has 4 rings (SSSR count). The first-order valence-electron chi connectivity index (χ1n) is 8.33. The highest BCUT2D eigenvalue weighted by molar-refractivity contribution is 6.05. The maximum absolute atomic E-state index is 12.9. The molecule has 7 heteroatoms. The van der Waals surface area contributed by atoms with E-state index in [-0.39, 0.29) is 17.4 Å². The lowest BCUT2D eigenvalue weighted by Crippen LogP contribution is -2.38. The standard InChI is InChI=1S/C18H18N4O3/c1-11-19-17(25-21-11)12-6-8-22(9-7-12)18(24)14-10-16(23)20-15-5-3-2-4-13(14)15/h2-5,10,12H,6-9H2,1H3,(H,20,23).